The molecule has 0 radical (unpaired) electrons. The number of hydrogen-bond acceptors (Lipinski definition) is 5. The van der Waals surface area contributed by atoms with Crippen LogP contribution in [0.25, 0.3) is 0 Å². The van der Waals surface area contributed by atoms with Crippen LogP contribution in [-0.2, 0) is 16.4 Å². The highest BCUT2D eigenvalue weighted by Crippen LogP contribution is 2.33. The quantitative estimate of drug-likeness (QED) is 0.741. The molecule has 0 saturated carbocycles. The Balaban J connectivity index is 1.57. The van der Waals surface area contributed by atoms with E-state index in [0.29, 0.717) is 5.82 Å². The molecule has 0 spiro atoms. The van der Waals surface area contributed by atoms with Crippen LogP contribution in [0, 0.1) is 0 Å². The number of anilines is 3. The molecule has 1 aliphatic rings. The molecule has 0 unspecified atom stereocenters. The number of rotatable bonds is 4. The SMILES string of the molecule is O=S(=O)(Nc1ccc(N2CCc3ccccc32)nn1)c1ccccc1Cl. The predicted octanol–water partition coefficient (Wildman–Crippen LogP) is 3.63. The number of sulfonamides is 1. The average Bonchev–Trinajstić information content (AvgIpc) is 3.06. The van der Waals surface area contributed by atoms with E-state index in [2.05, 4.69) is 25.9 Å². The van der Waals surface area contributed by atoms with Crippen LogP contribution < -0.4 is 9.62 Å². The van der Waals surface area contributed by atoms with Crippen LogP contribution in [0.1, 0.15) is 5.56 Å². The van der Waals surface area contributed by atoms with E-state index >= 15 is 0 Å². The summed E-state index contributed by atoms with van der Waals surface area (Å²) in [7, 11) is -3.82. The van der Waals surface area contributed by atoms with Crippen LogP contribution in [0.3, 0.4) is 0 Å². The first-order valence-corrected chi connectivity index (χ1v) is 9.87. The lowest BCUT2D eigenvalue weighted by molar-refractivity contribution is 0.601. The highest BCUT2D eigenvalue weighted by atomic mass is 35.5. The molecular weight excluding hydrogens is 372 g/mol. The molecule has 8 heteroatoms. The highest BCUT2D eigenvalue weighted by Gasteiger charge is 2.22. The summed E-state index contributed by atoms with van der Waals surface area (Å²) < 4.78 is 27.3. The molecule has 0 fully saturated rings. The molecule has 1 N–H and O–H groups in total. The minimum Gasteiger partial charge on any atom is -0.324 e. The van der Waals surface area contributed by atoms with Crippen LogP contribution in [0.5, 0.6) is 0 Å². The number of fused-ring (bicyclic) bond motifs is 1. The van der Waals surface area contributed by atoms with Gasteiger partial charge in [0.05, 0.1) is 5.02 Å². The van der Waals surface area contributed by atoms with Gasteiger partial charge in [-0.1, -0.05) is 41.9 Å². The highest BCUT2D eigenvalue weighted by molar-refractivity contribution is 7.92. The molecular formula is C18H15ClN4O2S. The van der Waals surface area contributed by atoms with E-state index in [1.54, 1.807) is 24.3 Å². The third-order valence-electron chi connectivity index (χ3n) is 4.18. The van der Waals surface area contributed by atoms with Crippen molar-refractivity contribution in [2.24, 2.45) is 0 Å². The van der Waals surface area contributed by atoms with Crippen LogP contribution >= 0.6 is 11.6 Å². The van der Waals surface area contributed by atoms with Gasteiger partial charge >= 0.3 is 0 Å². The van der Waals surface area contributed by atoms with Crippen molar-refractivity contribution in [2.45, 2.75) is 11.3 Å². The lowest BCUT2D eigenvalue weighted by Gasteiger charge is -2.17. The number of aromatic nitrogens is 2. The van der Waals surface area contributed by atoms with Crippen LogP contribution in [-0.4, -0.2) is 25.2 Å². The Morgan fingerprint density at radius 2 is 1.73 bits per heavy atom. The van der Waals surface area contributed by atoms with Crippen molar-refractivity contribution >= 4 is 38.9 Å². The summed E-state index contributed by atoms with van der Waals surface area (Å²) in [6.07, 6.45) is 0.943. The van der Waals surface area contributed by atoms with Gasteiger partial charge in [0.2, 0.25) is 0 Å². The monoisotopic (exact) mass is 386 g/mol. The molecule has 132 valence electrons. The number of nitrogens with zero attached hydrogens (tertiary/aromatic N) is 3. The molecule has 1 aromatic heterocycles. The average molecular weight is 387 g/mol. The fourth-order valence-corrected chi connectivity index (χ4v) is 4.47. The molecule has 0 amide bonds. The Morgan fingerprint density at radius 3 is 2.50 bits per heavy atom. The number of nitrogens with one attached hydrogen (secondary N) is 1. The zero-order valence-electron chi connectivity index (χ0n) is 13.6. The molecule has 4 rings (SSSR count). The fourth-order valence-electron chi connectivity index (χ4n) is 2.96. The summed E-state index contributed by atoms with van der Waals surface area (Å²) >= 11 is 5.97. The van der Waals surface area contributed by atoms with Crippen molar-refractivity contribution in [3.63, 3.8) is 0 Å². The molecule has 0 saturated heterocycles. The Morgan fingerprint density at radius 1 is 0.962 bits per heavy atom. The van der Waals surface area contributed by atoms with Crippen LogP contribution in [0.15, 0.2) is 65.6 Å². The molecule has 6 nitrogen and oxygen atoms in total. The maximum atomic E-state index is 12.5. The van der Waals surface area contributed by atoms with Gasteiger partial charge in [-0.15, -0.1) is 10.2 Å². The third-order valence-corrected chi connectivity index (χ3v) is 6.03. The lowest BCUT2D eigenvalue weighted by Crippen LogP contribution is -2.17. The van der Waals surface area contributed by atoms with Gasteiger partial charge in [0.15, 0.2) is 11.6 Å². The largest absolute Gasteiger partial charge is 0.324 e. The third kappa shape index (κ3) is 3.11. The van der Waals surface area contributed by atoms with Crippen molar-refractivity contribution in [1.29, 1.82) is 0 Å². The van der Waals surface area contributed by atoms with E-state index in [1.807, 2.05) is 18.2 Å². The van der Waals surface area contributed by atoms with Crippen molar-refractivity contribution in [3.8, 4) is 0 Å². The lowest BCUT2D eigenvalue weighted by atomic mass is 10.2. The summed E-state index contributed by atoms with van der Waals surface area (Å²) in [5.41, 5.74) is 2.36. The smallest absolute Gasteiger partial charge is 0.264 e. The van der Waals surface area contributed by atoms with E-state index < -0.39 is 10.0 Å². The molecule has 0 bridgehead atoms. The molecule has 0 atom stereocenters. The van der Waals surface area contributed by atoms with Gasteiger partial charge in [0.25, 0.3) is 10.0 Å². The minimum absolute atomic E-state index is 0.000938. The fraction of sp³-hybridized carbons (Fsp3) is 0.111. The van der Waals surface area contributed by atoms with Crippen molar-refractivity contribution in [2.75, 3.05) is 16.2 Å². The van der Waals surface area contributed by atoms with Gasteiger partial charge in [-0.05, 0) is 42.3 Å². The maximum absolute atomic E-state index is 12.5. The maximum Gasteiger partial charge on any atom is 0.264 e. The van der Waals surface area contributed by atoms with Gasteiger partial charge in [0, 0.05) is 12.2 Å². The van der Waals surface area contributed by atoms with Crippen molar-refractivity contribution in [1.82, 2.24) is 10.2 Å². The second kappa shape index (κ2) is 6.59. The van der Waals surface area contributed by atoms with Gasteiger partial charge in [-0.2, -0.15) is 0 Å². The normalized spacial score (nSPS) is 13.5. The zero-order valence-corrected chi connectivity index (χ0v) is 15.2. The summed E-state index contributed by atoms with van der Waals surface area (Å²) in [5.74, 6) is 0.816. The molecule has 2 aromatic carbocycles. The Labute approximate surface area is 156 Å². The first-order chi connectivity index (χ1) is 12.5. The summed E-state index contributed by atoms with van der Waals surface area (Å²) in [6, 6.07) is 17.7. The standard InChI is InChI=1S/C18H15ClN4O2S/c19-14-6-2-4-8-16(14)26(24,25)22-17-9-10-18(21-20-17)23-12-11-13-5-1-3-7-15(13)23/h1-10H,11-12H2,(H,20,22). The number of para-hydroxylation sites is 1. The summed E-state index contributed by atoms with van der Waals surface area (Å²) in [5, 5.41) is 8.34. The molecule has 26 heavy (non-hydrogen) atoms. The van der Waals surface area contributed by atoms with Crippen LogP contribution in [0.2, 0.25) is 5.02 Å². The zero-order chi connectivity index (χ0) is 18.1. The van der Waals surface area contributed by atoms with Gasteiger partial charge in [0.1, 0.15) is 4.90 Å². The van der Waals surface area contributed by atoms with Crippen LogP contribution in [0.4, 0.5) is 17.3 Å². The van der Waals surface area contributed by atoms with Gasteiger partial charge < -0.3 is 4.90 Å². The van der Waals surface area contributed by atoms with Crippen molar-refractivity contribution in [3.05, 3.63) is 71.2 Å². The molecule has 1 aliphatic heterocycles. The number of halogens is 1. The first kappa shape index (κ1) is 16.8. The van der Waals surface area contributed by atoms with E-state index in [4.69, 9.17) is 11.6 Å². The van der Waals surface area contributed by atoms with Crippen molar-refractivity contribution < 1.29 is 8.42 Å². The second-order valence-corrected chi connectivity index (χ2v) is 7.90. The second-order valence-electron chi connectivity index (χ2n) is 5.84. The van der Waals surface area contributed by atoms with Gasteiger partial charge in [-0.3, -0.25) is 4.72 Å². The Hall–Kier alpha value is -2.64. The van der Waals surface area contributed by atoms with E-state index in [-0.39, 0.29) is 15.7 Å². The number of benzene rings is 2. The minimum atomic E-state index is -3.82. The van der Waals surface area contributed by atoms with Gasteiger partial charge in [-0.25, -0.2) is 8.42 Å². The molecule has 3 aromatic rings. The van der Waals surface area contributed by atoms with E-state index in [0.717, 1.165) is 18.7 Å². The summed E-state index contributed by atoms with van der Waals surface area (Å²) in [6.45, 7) is 0.818. The predicted molar refractivity (Wildman–Crippen MR) is 101 cm³/mol. The summed E-state index contributed by atoms with van der Waals surface area (Å²) in [4.78, 5) is 2.07. The Kier molecular flexibility index (Phi) is 4.26. The topological polar surface area (TPSA) is 75.2 Å². The first-order valence-electron chi connectivity index (χ1n) is 8.01. The Bertz CT molecular complexity index is 1050. The molecule has 2 heterocycles. The molecule has 0 aliphatic carbocycles. The number of hydrogen-bond donors (Lipinski definition) is 1. The van der Waals surface area contributed by atoms with E-state index in [9.17, 15) is 8.42 Å². The van der Waals surface area contributed by atoms with E-state index in [1.165, 1.54) is 17.7 Å².